The summed E-state index contributed by atoms with van der Waals surface area (Å²) in [5.41, 5.74) is 3.81. The molecule has 3 aromatic carbocycles. The van der Waals surface area contributed by atoms with E-state index in [-0.39, 0.29) is 16.5 Å². The third-order valence-corrected chi connectivity index (χ3v) is 14.9. The molecule has 0 saturated carbocycles. The number of carbonyl (C=O) groups is 1. The Morgan fingerprint density at radius 3 is 2.17 bits per heavy atom. The highest BCUT2D eigenvalue weighted by Crippen LogP contribution is 2.54. The first-order valence-corrected chi connectivity index (χ1v) is 16.9. The lowest BCUT2D eigenvalue weighted by Gasteiger charge is -2.52. The average Bonchev–Trinajstić information content (AvgIpc) is 3.36. The third kappa shape index (κ3) is 4.26. The summed E-state index contributed by atoms with van der Waals surface area (Å²) in [5, 5.41) is 3.88. The molecule has 5 heteroatoms. The summed E-state index contributed by atoms with van der Waals surface area (Å²) in [4.78, 5) is 19.2. The molecule has 4 nitrogen and oxygen atoms in total. The van der Waals surface area contributed by atoms with E-state index < -0.39 is 8.32 Å². The molecule has 1 N–H and O–H groups in total. The van der Waals surface area contributed by atoms with E-state index in [9.17, 15) is 4.79 Å². The zero-order valence-electron chi connectivity index (χ0n) is 24.4. The van der Waals surface area contributed by atoms with Gasteiger partial charge in [-0.2, -0.15) is 0 Å². The van der Waals surface area contributed by atoms with E-state index in [1.807, 2.05) is 0 Å². The molecule has 0 spiro atoms. The predicted molar refractivity (Wildman–Crippen MR) is 167 cm³/mol. The van der Waals surface area contributed by atoms with Crippen LogP contribution in [-0.2, 0) is 15.6 Å². The minimum atomic E-state index is -2.62. The largest absolute Gasteiger partial charge is 0.407 e. The second-order valence-corrected chi connectivity index (χ2v) is 17.1. The Labute approximate surface area is 239 Å². The van der Waals surface area contributed by atoms with Crippen LogP contribution in [0.1, 0.15) is 70.7 Å². The van der Waals surface area contributed by atoms with Gasteiger partial charge < -0.3 is 14.3 Å². The Kier molecular flexibility index (Phi) is 7.00. The normalized spacial score (nSPS) is 21.4. The summed E-state index contributed by atoms with van der Waals surface area (Å²) in [7, 11) is -2.62. The van der Waals surface area contributed by atoms with Crippen molar-refractivity contribution in [3.63, 3.8) is 0 Å². The topological polar surface area (TPSA) is 45.3 Å². The maximum Gasteiger partial charge on any atom is 0.261 e. The molecule has 0 radical (unpaired) electrons. The molecule has 0 unspecified atom stereocenters. The van der Waals surface area contributed by atoms with E-state index in [1.54, 1.807) is 0 Å². The van der Waals surface area contributed by atoms with Crippen molar-refractivity contribution in [1.29, 1.82) is 0 Å². The fourth-order valence-corrected chi connectivity index (χ4v) is 12.3. The Hall–Kier alpha value is -3.15. The molecule has 4 aromatic rings. The summed E-state index contributed by atoms with van der Waals surface area (Å²) in [6.07, 6.45) is 4.39. The highest BCUT2D eigenvalue weighted by atomic mass is 28.4. The number of benzene rings is 3. The van der Waals surface area contributed by atoms with Gasteiger partial charge in [-0.15, -0.1) is 0 Å². The number of aromatic amines is 1. The Bertz CT molecular complexity index is 1450. The van der Waals surface area contributed by atoms with Gasteiger partial charge in [-0.3, -0.25) is 4.79 Å². The first-order valence-electron chi connectivity index (χ1n) is 14.9. The predicted octanol–water partition coefficient (Wildman–Crippen LogP) is 6.75. The Balaban J connectivity index is 1.39. The van der Waals surface area contributed by atoms with Crippen molar-refractivity contribution in [2.24, 2.45) is 5.41 Å². The number of para-hydroxylation sites is 1. The number of hydrogen-bond acceptors (Lipinski definition) is 2. The van der Waals surface area contributed by atoms with Gasteiger partial charge in [-0.1, -0.05) is 107 Å². The Morgan fingerprint density at radius 2 is 1.55 bits per heavy atom. The van der Waals surface area contributed by atoms with Crippen LogP contribution in [0.4, 0.5) is 0 Å². The number of carbonyl (C=O) groups excluding carboxylic acids is 1. The van der Waals surface area contributed by atoms with Crippen molar-refractivity contribution in [2.45, 2.75) is 70.9 Å². The summed E-state index contributed by atoms with van der Waals surface area (Å²) in [5.74, 6) is 0.297. The van der Waals surface area contributed by atoms with Crippen LogP contribution in [0.5, 0.6) is 0 Å². The van der Waals surface area contributed by atoms with E-state index in [0.717, 1.165) is 32.2 Å². The minimum absolute atomic E-state index is 0.0324. The lowest BCUT2D eigenvalue weighted by Crippen LogP contribution is -2.66. The van der Waals surface area contributed by atoms with Crippen LogP contribution >= 0.6 is 0 Å². The highest BCUT2D eigenvalue weighted by Gasteiger charge is 2.53. The van der Waals surface area contributed by atoms with Gasteiger partial charge in [0.05, 0.1) is 6.04 Å². The Morgan fingerprint density at radius 1 is 0.925 bits per heavy atom. The summed E-state index contributed by atoms with van der Waals surface area (Å²) in [6.45, 7) is 10.8. The molecule has 2 aliphatic heterocycles. The standard InChI is InChI=1S/C35H42N2O2Si/c1-5-35(22-20-31(38)37-24-21-29-28-18-12-13-19-30(28)36-32(29)33(35)37)23-25-39-40(34(2,3)4,26-14-8-6-9-15-26)27-16-10-7-11-17-27/h6-19,33,36H,5,20-25H2,1-4H3/t33-,35-/m0/s1. The van der Waals surface area contributed by atoms with Gasteiger partial charge in [0.15, 0.2) is 0 Å². The molecule has 1 amide bonds. The quantitative estimate of drug-likeness (QED) is 0.259. The van der Waals surface area contributed by atoms with Gasteiger partial charge in [-0.05, 0) is 58.1 Å². The van der Waals surface area contributed by atoms with Crippen LogP contribution in [0, 0.1) is 5.41 Å². The van der Waals surface area contributed by atoms with Gasteiger partial charge in [0.1, 0.15) is 0 Å². The summed E-state index contributed by atoms with van der Waals surface area (Å²) in [6, 6.07) is 30.5. The van der Waals surface area contributed by atoms with Crippen LogP contribution in [0.3, 0.4) is 0 Å². The number of aromatic nitrogens is 1. The van der Waals surface area contributed by atoms with Gasteiger partial charge >= 0.3 is 0 Å². The average molecular weight is 551 g/mol. The van der Waals surface area contributed by atoms with E-state index in [0.29, 0.717) is 18.9 Å². The monoisotopic (exact) mass is 550 g/mol. The zero-order chi connectivity index (χ0) is 28.0. The maximum atomic E-state index is 13.3. The summed E-state index contributed by atoms with van der Waals surface area (Å²) < 4.78 is 7.37. The first kappa shape index (κ1) is 27.0. The van der Waals surface area contributed by atoms with Gasteiger partial charge in [0.25, 0.3) is 8.32 Å². The molecule has 1 aromatic heterocycles. The summed E-state index contributed by atoms with van der Waals surface area (Å²) >= 11 is 0. The fraction of sp³-hybridized carbons (Fsp3) is 0.400. The van der Waals surface area contributed by atoms with Crippen molar-refractivity contribution < 1.29 is 9.22 Å². The molecule has 6 rings (SSSR count). The molecule has 208 valence electrons. The third-order valence-electron chi connectivity index (χ3n) is 9.81. The number of nitrogens with one attached hydrogen (secondary N) is 1. The SMILES string of the molecule is CC[C@@]1(CCO[Si](c2ccccc2)(c2ccccc2)C(C)(C)C)CCC(=O)N2CCc3c([nH]c4ccccc34)[C@H]21. The maximum absolute atomic E-state index is 13.3. The number of H-pyrrole nitrogens is 1. The van der Waals surface area contributed by atoms with Gasteiger partial charge in [-0.25, -0.2) is 0 Å². The molecule has 1 saturated heterocycles. The van der Waals surface area contributed by atoms with E-state index >= 15 is 0 Å². The number of hydrogen-bond donors (Lipinski definition) is 1. The number of piperidine rings is 1. The lowest BCUT2D eigenvalue weighted by atomic mass is 9.66. The molecule has 3 heterocycles. The number of amides is 1. The van der Waals surface area contributed by atoms with E-state index in [2.05, 4.69) is 123 Å². The fourth-order valence-electron chi connectivity index (χ4n) is 7.76. The van der Waals surface area contributed by atoms with Crippen LogP contribution in [0.2, 0.25) is 5.04 Å². The highest BCUT2D eigenvalue weighted by molar-refractivity contribution is 6.99. The lowest BCUT2D eigenvalue weighted by molar-refractivity contribution is -0.146. The second-order valence-electron chi connectivity index (χ2n) is 12.8. The zero-order valence-corrected chi connectivity index (χ0v) is 25.4. The van der Waals surface area contributed by atoms with E-state index in [1.165, 1.54) is 32.5 Å². The number of fused-ring (bicyclic) bond motifs is 5. The molecular weight excluding hydrogens is 508 g/mol. The molecule has 1 fully saturated rings. The van der Waals surface area contributed by atoms with Crippen molar-refractivity contribution in [3.8, 4) is 0 Å². The number of rotatable bonds is 7. The molecule has 40 heavy (non-hydrogen) atoms. The molecular formula is C35H42N2O2Si. The minimum Gasteiger partial charge on any atom is -0.407 e. The van der Waals surface area contributed by atoms with Gasteiger partial charge in [0, 0.05) is 36.2 Å². The molecule has 2 aliphatic rings. The second kappa shape index (κ2) is 10.4. The van der Waals surface area contributed by atoms with Gasteiger partial charge in [0.2, 0.25) is 5.91 Å². The van der Waals surface area contributed by atoms with Crippen LogP contribution < -0.4 is 10.4 Å². The molecule has 2 atom stereocenters. The van der Waals surface area contributed by atoms with Crippen LogP contribution in [0.25, 0.3) is 10.9 Å². The van der Waals surface area contributed by atoms with Crippen molar-refractivity contribution in [3.05, 3.63) is 96.2 Å². The smallest absolute Gasteiger partial charge is 0.261 e. The van der Waals surface area contributed by atoms with Crippen molar-refractivity contribution >= 4 is 35.5 Å². The first-order chi connectivity index (χ1) is 19.3. The number of nitrogens with zero attached hydrogens (tertiary/aromatic N) is 1. The molecule has 0 aliphatic carbocycles. The van der Waals surface area contributed by atoms with E-state index in [4.69, 9.17) is 4.43 Å². The molecule has 0 bridgehead atoms. The van der Waals surface area contributed by atoms with Crippen molar-refractivity contribution in [1.82, 2.24) is 9.88 Å². The van der Waals surface area contributed by atoms with Crippen LogP contribution in [0.15, 0.2) is 84.9 Å². The van der Waals surface area contributed by atoms with Crippen molar-refractivity contribution in [2.75, 3.05) is 13.2 Å². The van der Waals surface area contributed by atoms with Crippen LogP contribution in [-0.4, -0.2) is 37.3 Å².